The highest BCUT2D eigenvalue weighted by Crippen LogP contribution is 2.48. The van der Waals surface area contributed by atoms with Crippen LogP contribution in [-0.2, 0) is 0 Å². The molecular weight excluding hydrogens is 444 g/mol. The lowest BCUT2D eigenvalue weighted by Crippen LogP contribution is -2.33. The Bertz CT molecular complexity index is 1230. The Morgan fingerprint density at radius 3 is 2.61 bits per heavy atom. The Labute approximate surface area is 186 Å². The van der Waals surface area contributed by atoms with Crippen LogP contribution in [-0.4, -0.2) is 15.6 Å². The summed E-state index contributed by atoms with van der Waals surface area (Å²) in [6, 6.07) is 15.8. The van der Waals surface area contributed by atoms with Crippen LogP contribution in [0.25, 0.3) is 0 Å². The predicted octanol–water partition coefficient (Wildman–Crippen LogP) is 6.28. The van der Waals surface area contributed by atoms with Crippen LogP contribution in [0.2, 0.25) is 10.0 Å². The molecule has 0 radical (unpaired) electrons. The number of fused-ring (bicyclic) bond motifs is 3. The van der Waals surface area contributed by atoms with Crippen molar-refractivity contribution in [3.05, 3.63) is 103 Å². The van der Waals surface area contributed by atoms with Crippen LogP contribution in [0.15, 0.2) is 65.8 Å². The van der Waals surface area contributed by atoms with Gasteiger partial charge >= 0.3 is 0 Å². The van der Waals surface area contributed by atoms with Crippen molar-refractivity contribution in [3.63, 3.8) is 0 Å². The number of halogens is 3. The minimum Gasteiger partial charge on any atom is -0.464 e. The average molecular weight is 458 g/mol. The Balaban J connectivity index is 1.61. The molecule has 2 atom stereocenters. The quantitative estimate of drug-likeness (QED) is 0.342. The van der Waals surface area contributed by atoms with Gasteiger partial charge in [-0.25, -0.2) is 9.40 Å². The van der Waals surface area contributed by atoms with E-state index in [1.165, 1.54) is 24.3 Å². The molecule has 2 heterocycles. The molecule has 31 heavy (non-hydrogen) atoms. The molecule has 0 unspecified atom stereocenters. The third-order valence-electron chi connectivity index (χ3n) is 5.38. The maximum atomic E-state index is 13.4. The van der Waals surface area contributed by atoms with Gasteiger partial charge in [-0.3, -0.25) is 10.1 Å². The first-order chi connectivity index (χ1) is 14.9. The van der Waals surface area contributed by atoms with Crippen LogP contribution >= 0.6 is 23.2 Å². The largest absolute Gasteiger partial charge is 0.464 e. The third-order valence-corrected chi connectivity index (χ3v) is 5.94. The molecule has 0 amide bonds. The zero-order chi connectivity index (χ0) is 21.7. The molecule has 156 valence electrons. The van der Waals surface area contributed by atoms with Gasteiger partial charge in [-0.1, -0.05) is 41.4 Å². The molecule has 2 aliphatic heterocycles. The normalized spacial score (nSPS) is 19.3. The van der Waals surface area contributed by atoms with Gasteiger partial charge in [0.1, 0.15) is 16.6 Å². The highest BCUT2D eigenvalue weighted by atomic mass is 35.5. The number of ether oxygens (including phenoxy) is 1. The predicted molar refractivity (Wildman–Crippen MR) is 115 cm³/mol. The van der Waals surface area contributed by atoms with Crippen molar-refractivity contribution in [2.75, 3.05) is 0 Å². The van der Waals surface area contributed by atoms with Gasteiger partial charge in [0.15, 0.2) is 0 Å². The van der Waals surface area contributed by atoms with Crippen LogP contribution in [0.4, 0.5) is 10.1 Å². The van der Waals surface area contributed by atoms with E-state index in [-0.39, 0.29) is 22.6 Å². The van der Waals surface area contributed by atoms with Gasteiger partial charge in [-0.15, -0.1) is 0 Å². The second-order valence-electron chi connectivity index (χ2n) is 7.27. The molecular formula is C22H14Cl2FN3O3. The zero-order valence-corrected chi connectivity index (χ0v) is 17.3. The lowest BCUT2D eigenvalue weighted by atomic mass is 9.96. The van der Waals surface area contributed by atoms with E-state index in [2.05, 4.69) is 0 Å². The fourth-order valence-electron chi connectivity index (χ4n) is 3.92. The minimum absolute atomic E-state index is 0.0465. The van der Waals surface area contributed by atoms with E-state index < -0.39 is 11.2 Å². The third kappa shape index (κ3) is 3.49. The summed E-state index contributed by atoms with van der Waals surface area (Å²) < 4.78 is 19.6. The number of rotatable bonds is 3. The van der Waals surface area contributed by atoms with Gasteiger partial charge in [0.05, 0.1) is 16.7 Å². The molecule has 3 aromatic rings. The molecule has 5 rings (SSSR count). The minimum atomic E-state index is -0.701. The van der Waals surface area contributed by atoms with Crippen LogP contribution in [0.3, 0.4) is 0 Å². The van der Waals surface area contributed by atoms with Gasteiger partial charge in [-0.05, 0) is 42.0 Å². The van der Waals surface area contributed by atoms with Crippen molar-refractivity contribution < 1.29 is 14.1 Å². The van der Waals surface area contributed by atoms with Crippen LogP contribution in [0, 0.1) is 15.9 Å². The maximum absolute atomic E-state index is 13.4. The molecule has 2 aliphatic rings. The monoisotopic (exact) mass is 457 g/mol. The van der Waals surface area contributed by atoms with Crippen LogP contribution in [0.5, 0.6) is 5.75 Å². The molecule has 0 saturated carbocycles. The molecule has 6 nitrogen and oxygen atoms in total. The lowest BCUT2D eigenvalue weighted by Gasteiger charge is -2.38. The van der Waals surface area contributed by atoms with Crippen molar-refractivity contribution in [2.45, 2.75) is 18.7 Å². The molecule has 0 N–H and O–H groups in total. The van der Waals surface area contributed by atoms with Crippen LogP contribution < -0.4 is 4.74 Å². The summed E-state index contributed by atoms with van der Waals surface area (Å²) in [6.45, 7) is 0. The maximum Gasteiger partial charge on any atom is 0.288 e. The second-order valence-corrected chi connectivity index (χ2v) is 8.12. The van der Waals surface area contributed by atoms with E-state index in [1.54, 1.807) is 35.3 Å². The summed E-state index contributed by atoms with van der Waals surface area (Å²) >= 11 is 12.2. The Morgan fingerprint density at radius 1 is 1.10 bits per heavy atom. The molecule has 3 aromatic carbocycles. The number of hydrogen-bond donors (Lipinski definition) is 0. The molecule has 0 saturated heterocycles. The first-order valence-electron chi connectivity index (χ1n) is 9.42. The Kier molecular flexibility index (Phi) is 4.79. The van der Waals surface area contributed by atoms with Crippen molar-refractivity contribution in [1.29, 1.82) is 0 Å². The number of hydrogen-bond acceptors (Lipinski definition) is 5. The molecule has 0 spiro atoms. The Hall–Kier alpha value is -3.16. The first kappa shape index (κ1) is 19.8. The fourth-order valence-corrected chi connectivity index (χ4v) is 4.29. The van der Waals surface area contributed by atoms with Gasteiger partial charge in [0.25, 0.3) is 5.69 Å². The van der Waals surface area contributed by atoms with Crippen LogP contribution in [0.1, 0.15) is 35.4 Å². The number of nitro groups is 1. The van der Waals surface area contributed by atoms with E-state index in [0.29, 0.717) is 22.8 Å². The van der Waals surface area contributed by atoms with Gasteiger partial charge in [0, 0.05) is 28.6 Å². The summed E-state index contributed by atoms with van der Waals surface area (Å²) in [4.78, 5) is 10.8. The molecule has 9 heteroatoms. The van der Waals surface area contributed by atoms with E-state index in [1.807, 2.05) is 6.07 Å². The zero-order valence-electron chi connectivity index (χ0n) is 15.8. The fraction of sp³-hybridized carbons (Fsp3) is 0.136. The topological polar surface area (TPSA) is 68.0 Å². The highest BCUT2D eigenvalue weighted by molar-refractivity contribution is 6.32. The standard InChI is InChI=1S/C22H14Cl2FN3O3/c23-14-4-8-21-16(10-14)19-11-18(12-1-5-15(25)6-2-12)26-27(19)22(31-21)13-3-7-17(24)20(9-13)28(29)30/h1-10,19,22H,11H2/t19-,22+/m1/s1. The van der Waals surface area contributed by atoms with Crippen molar-refractivity contribution in [1.82, 2.24) is 5.01 Å². The lowest BCUT2D eigenvalue weighted by molar-refractivity contribution is -0.384. The van der Waals surface area contributed by atoms with Gasteiger partial charge in [0.2, 0.25) is 6.23 Å². The summed E-state index contributed by atoms with van der Waals surface area (Å²) in [5.41, 5.74) is 2.76. The molecule has 0 aromatic heterocycles. The van der Waals surface area contributed by atoms with Gasteiger partial charge < -0.3 is 4.74 Å². The number of nitrogens with zero attached hydrogens (tertiary/aromatic N) is 3. The highest BCUT2D eigenvalue weighted by Gasteiger charge is 2.41. The van der Waals surface area contributed by atoms with E-state index in [9.17, 15) is 14.5 Å². The van der Waals surface area contributed by atoms with E-state index in [4.69, 9.17) is 33.0 Å². The summed E-state index contributed by atoms with van der Waals surface area (Å²) in [6.07, 6.45) is -0.151. The van der Waals surface area contributed by atoms with Crippen molar-refractivity contribution >= 4 is 34.6 Å². The van der Waals surface area contributed by atoms with E-state index >= 15 is 0 Å². The summed E-state index contributed by atoms with van der Waals surface area (Å²) in [5, 5.41) is 18.5. The van der Waals surface area contributed by atoms with E-state index in [0.717, 1.165) is 16.8 Å². The summed E-state index contributed by atoms with van der Waals surface area (Å²) in [7, 11) is 0. The number of benzene rings is 3. The number of hydrazone groups is 1. The average Bonchev–Trinajstić information content (AvgIpc) is 3.20. The molecule has 0 fully saturated rings. The van der Waals surface area contributed by atoms with Gasteiger partial charge in [-0.2, -0.15) is 5.10 Å². The Morgan fingerprint density at radius 2 is 1.87 bits per heavy atom. The second kappa shape index (κ2) is 7.51. The molecule has 0 bridgehead atoms. The first-order valence-corrected chi connectivity index (χ1v) is 10.2. The van der Waals surface area contributed by atoms with Crippen molar-refractivity contribution in [2.24, 2.45) is 5.10 Å². The van der Waals surface area contributed by atoms with Crippen molar-refractivity contribution in [3.8, 4) is 5.75 Å². The molecule has 0 aliphatic carbocycles. The smallest absolute Gasteiger partial charge is 0.288 e. The number of nitro benzene ring substituents is 1. The SMILES string of the molecule is O=[N+]([O-])c1cc([C@@H]2Oc3ccc(Cl)cc3[C@H]3CC(c4ccc(F)cc4)=NN32)ccc1Cl. The summed E-state index contributed by atoms with van der Waals surface area (Å²) in [5.74, 6) is 0.302.